The molecule has 1 N–H and O–H groups in total. The van der Waals surface area contributed by atoms with Gasteiger partial charge in [0.15, 0.2) is 11.5 Å². The zero-order valence-corrected chi connectivity index (χ0v) is 18.0. The van der Waals surface area contributed by atoms with Crippen LogP contribution in [-0.2, 0) is 13.2 Å². The molecule has 0 aliphatic heterocycles. The van der Waals surface area contributed by atoms with E-state index >= 15 is 0 Å². The fourth-order valence-corrected chi connectivity index (χ4v) is 3.78. The lowest BCUT2D eigenvalue weighted by Crippen LogP contribution is -2.29. The van der Waals surface area contributed by atoms with Crippen molar-refractivity contribution in [2.45, 2.75) is 71.1 Å². The second-order valence-corrected chi connectivity index (χ2v) is 7.65. The Labute approximate surface area is 176 Å². The van der Waals surface area contributed by atoms with Gasteiger partial charge < -0.3 is 14.8 Å². The number of aryl methyl sites for hydroxylation is 1. The maximum Gasteiger partial charge on any atom is 0.166 e. The van der Waals surface area contributed by atoms with Crippen LogP contribution in [0.4, 0.5) is 0 Å². The minimum absolute atomic E-state index is 0. The normalized spacial score (nSPS) is 15.2. The third-order valence-electron chi connectivity index (χ3n) is 5.47. The van der Waals surface area contributed by atoms with Gasteiger partial charge in [0, 0.05) is 18.2 Å². The van der Waals surface area contributed by atoms with Crippen LogP contribution < -0.4 is 14.8 Å². The average Bonchev–Trinajstić information content (AvgIpc) is 2.67. The molecule has 1 aliphatic rings. The second-order valence-electron chi connectivity index (χ2n) is 7.65. The molecule has 0 amide bonds. The van der Waals surface area contributed by atoms with E-state index < -0.39 is 0 Å². The van der Waals surface area contributed by atoms with Crippen molar-refractivity contribution in [2.75, 3.05) is 7.11 Å². The van der Waals surface area contributed by atoms with Crippen LogP contribution in [0.2, 0.25) is 0 Å². The Bertz CT molecular complexity index is 694. The number of hydrogen-bond acceptors (Lipinski definition) is 3. The Kier molecular flexibility index (Phi) is 9.66. The van der Waals surface area contributed by atoms with Crippen LogP contribution >= 0.6 is 12.4 Å². The molecule has 0 heterocycles. The Morgan fingerprint density at radius 1 is 0.929 bits per heavy atom. The lowest BCUT2D eigenvalue weighted by Gasteiger charge is -2.22. The predicted octanol–water partition coefficient (Wildman–Crippen LogP) is 6.21. The molecule has 1 saturated carbocycles. The summed E-state index contributed by atoms with van der Waals surface area (Å²) in [4.78, 5) is 0. The number of ether oxygens (including phenoxy) is 2. The van der Waals surface area contributed by atoms with Crippen molar-refractivity contribution in [1.82, 2.24) is 5.32 Å². The van der Waals surface area contributed by atoms with Gasteiger partial charge in [-0.25, -0.2) is 0 Å². The Hall–Kier alpha value is -1.71. The molecular formula is C24H34ClNO2. The molecule has 0 atom stereocenters. The van der Waals surface area contributed by atoms with Gasteiger partial charge in [-0.3, -0.25) is 0 Å². The van der Waals surface area contributed by atoms with Crippen molar-refractivity contribution in [3.8, 4) is 11.5 Å². The molecule has 0 spiro atoms. The number of benzene rings is 2. The van der Waals surface area contributed by atoms with E-state index in [-0.39, 0.29) is 12.4 Å². The van der Waals surface area contributed by atoms with Crippen molar-refractivity contribution >= 4 is 12.4 Å². The van der Waals surface area contributed by atoms with Crippen molar-refractivity contribution in [2.24, 2.45) is 0 Å². The van der Waals surface area contributed by atoms with Gasteiger partial charge in [0.25, 0.3) is 0 Å². The van der Waals surface area contributed by atoms with Gasteiger partial charge in [-0.05, 0) is 31.4 Å². The summed E-state index contributed by atoms with van der Waals surface area (Å²) >= 11 is 0. The third-order valence-corrected chi connectivity index (χ3v) is 5.47. The minimum Gasteiger partial charge on any atom is -0.493 e. The number of halogens is 1. The first-order valence-corrected chi connectivity index (χ1v) is 10.3. The maximum absolute atomic E-state index is 6.20. The Morgan fingerprint density at radius 3 is 2.29 bits per heavy atom. The monoisotopic (exact) mass is 403 g/mol. The topological polar surface area (TPSA) is 30.5 Å². The second kappa shape index (κ2) is 12.0. The first kappa shape index (κ1) is 22.6. The van der Waals surface area contributed by atoms with E-state index in [0.29, 0.717) is 12.6 Å². The molecule has 0 unspecified atom stereocenters. The SMILES string of the molecule is COc1cccc(CNC2CCCCCCC2)c1OCc1ccc(C)cc1.Cl. The summed E-state index contributed by atoms with van der Waals surface area (Å²) in [7, 11) is 1.71. The van der Waals surface area contributed by atoms with E-state index in [1.165, 1.54) is 61.6 Å². The molecule has 1 aliphatic carbocycles. The Morgan fingerprint density at radius 2 is 1.61 bits per heavy atom. The molecule has 0 saturated heterocycles. The standard InChI is InChI=1S/C24H33NO2.ClH/c1-19-13-15-20(16-14-19)18-27-24-21(9-8-12-23(24)26-2)17-25-22-10-6-4-3-5-7-11-22;/h8-9,12-16,22,25H,3-7,10-11,17-18H2,1-2H3;1H. The lowest BCUT2D eigenvalue weighted by molar-refractivity contribution is 0.279. The first-order chi connectivity index (χ1) is 13.3. The summed E-state index contributed by atoms with van der Waals surface area (Å²) < 4.78 is 11.8. The Balaban J connectivity index is 0.00000280. The molecule has 4 heteroatoms. The van der Waals surface area contributed by atoms with E-state index in [9.17, 15) is 0 Å². The van der Waals surface area contributed by atoms with Crippen LogP contribution in [0, 0.1) is 6.92 Å². The fourth-order valence-electron chi connectivity index (χ4n) is 3.78. The highest BCUT2D eigenvalue weighted by Crippen LogP contribution is 2.32. The number of nitrogens with one attached hydrogen (secondary N) is 1. The number of rotatable bonds is 7. The highest BCUT2D eigenvalue weighted by Gasteiger charge is 2.14. The van der Waals surface area contributed by atoms with Crippen LogP contribution in [0.15, 0.2) is 42.5 Å². The minimum atomic E-state index is 0. The smallest absolute Gasteiger partial charge is 0.166 e. The number of para-hydroxylation sites is 1. The first-order valence-electron chi connectivity index (χ1n) is 10.3. The zero-order chi connectivity index (χ0) is 18.9. The highest BCUT2D eigenvalue weighted by molar-refractivity contribution is 5.85. The summed E-state index contributed by atoms with van der Waals surface area (Å²) in [5.74, 6) is 1.66. The summed E-state index contributed by atoms with van der Waals surface area (Å²) in [6, 6.07) is 15.3. The van der Waals surface area contributed by atoms with Crippen molar-refractivity contribution in [3.63, 3.8) is 0 Å². The van der Waals surface area contributed by atoms with Gasteiger partial charge in [0.2, 0.25) is 0 Å². The molecule has 3 nitrogen and oxygen atoms in total. The summed E-state index contributed by atoms with van der Waals surface area (Å²) in [6.07, 6.45) is 9.40. The van der Waals surface area contributed by atoms with E-state index in [2.05, 4.69) is 42.6 Å². The van der Waals surface area contributed by atoms with Gasteiger partial charge in [-0.15, -0.1) is 12.4 Å². The molecule has 28 heavy (non-hydrogen) atoms. The van der Waals surface area contributed by atoms with E-state index in [1.54, 1.807) is 7.11 Å². The average molecular weight is 404 g/mol. The van der Waals surface area contributed by atoms with Gasteiger partial charge in [0.1, 0.15) is 6.61 Å². The molecule has 2 aromatic rings. The van der Waals surface area contributed by atoms with Gasteiger partial charge in [0.05, 0.1) is 7.11 Å². The molecule has 154 valence electrons. The molecule has 3 rings (SSSR count). The van der Waals surface area contributed by atoms with Gasteiger partial charge in [-0.1, -0.05) is 74.1 Å². The van der Waals surface area contributed by atoms with Crippen molar-refractivity contribution in [3.05, 3.63) is 59.2 Å². The maximum atomic E-state index is 6.20. The van der Waals surface area contributed by atoms with Crippen molar-refractivity contribution < 1.29 is 9.47 Å². The van der Waals surface area contributed by atoms with Crippen molar-refractivity contribution in [1.29, 1.82) is 0 Å². The number of hydrogen-bond donors (Lipinski definition) is 1. The van der Waals surface area contributed by atoms with E-state index in [4.69, 9.17) is 9.47 Å². The molecule has 0 aromatic heterocycles. The zero-order valence-electron chi connectivity index (χ0n) is 17.2. The molecule has 1 fully saturated rings. The fraction of sp³-hybridized carbons (Fsp3) is 0.500. The molecule has 0 bridgehead atoms. The third kappa shape index (κ3) is 6.72. The lowest BCUT2D eigenvalue weighted by atomic mass is 9.96. The van der Waals surface area contributed by atoms with Gasteiger partial charge >= 0.3 is 0 Å². The largest absolute Gasteiger partial charge is 0.493 e. The summed E-state index contributed by atoms with van der Waals surface area (Å²) in [5.41, 5.74) is 3.61. The number of methoxy groups -OCH3 is 1. The van der Waals surface area contributed by atoms with Crippen LogP contribution in [0.1, 0.15) is 61.6 Å². The van der Waals surface area contributed by atoms with Crippen LogP contribution in [0.3, 0.4) is 0 Å². The summed E-state index contributed by atoms with van der Waals surface area (Å²) in [5, 5.41) is 3.77. The van der Waals surface area contributed by atoms with E-state index in [0.717, 1.165) is 18.0 Å². The highest BCUT2D eigenvalue weighted by atomic mass is 35.5. The predicted molar refractivity (Wildman–Crippen MR) is 119 cm³/mol. The van der Waals surface area contributed by atoms with Gasteiger partial charge in [-0.2, -0.15) is 0 Å². The molecular weight excluding hydrogens is 370 g/mol. The van der Waals surface area contributed by atoms with Crippen LogP contribution in [-0.4, -0.2) is 13.2 Å². The van der Waals surface area contributed by atoms with Crippen LogP contribution in [0.5, 0.6) is 11.5 Å². The quantitative estimate of drug-likeness (QED) is 0.596. The summed E-state index contributed by atoms with van der Waals surface area (Å²) in [6.45, 7) is 3.48. The molecule has 0 radical (unpaired) electrons. The van der Waals surface area contributed by atoms with E-state index in [1.807, 2.05) is 12.1 Å². The van der Waals surface area contributed by atoms with Crippen LogP contribution in [0.25, 0.3) is 0 Å². The molecule has 2 aromatic carbocycles.